The van der Waals surface area contributed by atoms with Gasteiger partial charge in [-0.3, -0.25) is 13.9 Å². The molecule has 0 aliphatic rings. The van der Waals surface area contributed by atoms with Gasteiger partial charge in [-0.25, -0.2) is 8.42 Å². The first-order valence-corrected chi connectivity index (χ1v) is 15.0. The van der Waals surface area contributed by atoms with Gasteiger partial charge in [-0.05, 0) is 81.0 Å². The van der Waals surface area contributed by atoms with Crippen LogP contribution in [0.2, 0.25) is 5.02 Å². The third-order valence-corrected chi connectivity index (χ3v) is 7.75. The molecule has 0 fully saturated rings. The van der Waals surface area contributed by atoms with Gasteiger partial charge >= 0.3 is 0 Å². The molecule has 2 amide bonds. The molecule has 0 heterocycles. The zero-order chi connectivity index (χ0) is 27.8. The van der Waals surface area contributed by atoms with Crippen LogP contribution in [0.3, 0.4) is 0 Å². The van der Waals surface area contributed by atoms with Gasteiger partial charge < -0.3 is 10.2 Å². The number of benzene rings is 2. The highest BCUT2D eigenvalue weighted by Gasteiger charge is 2.29. The molecule has 9 heteroatoms. The van der Waals surface area contributed by atoms with Crippen molar-refractivity contribution in [2.45, 2.75) is 78.9 Å². The van der Waals surface area contributed by atoms with Crippen molar-refractivity contribution in [3.05, 3.63) is 64.2 Å². The SMILES string of the molecule is CCC(C)NC(=O)C(CC)N(Cc1ccc(Cl)cc1)C(=O)CCCN(c1cc(C)cc(C)c1)S(C)(=O)=O. The Morgan fingerprint density at radius 1 is 1.00 bits per heavy atom. The maximum atomic E-state index is 13.5. The van der Waals surface area contributed by atoms with Crippen LogP contribution in [0.1, 0.15) is 63.1 Å². The lowest BCUT2D eigenvalue weighted by atomic mass is 10.1. The van der Waals surface area contributed by atoms with E-state index in [1.165, 1.54) is 10.6 Å². The number of halogens is 1. The summed E-state index contributed by atoms with van der Waals surface area (Å²) in [6, 6.07) is 12.2. The first kappa shape index (κ1) is 30.6. The number of hydrogen-bond acceptors (Lipinski definition) is 4. The fourth-order valence-electron chi connectivity index (χ4n) is 4.25. The molecule has 0 spiro atoms. The number of anilines is 1. The molecule has 2 atom stereocenters. The average molecular weight is 550 g/mol. The monoisotopic (exact) mass is 549 g/mol. The minimum absolute atomic E-state index is 0.00450. The molecule has 0 radical (unpaired) electrons. The predicted molar refractivity (Wildman–Crippen MR) is 151 cm³/mol. The van der Waals surface area contributed by atoms with Crippen LogP contribution in [0, 0.1) is 13.8 Å². The highest BCUT2D eigenvalue weighted by molar-refractivity contribution is 7.92. The Labute approximate surface area is 227 Å². The van der Waals surface area contributed by atoms with Gasteiger partial charge in [0.1, 0.15) is 6.04 Å². The van der Waals surface area contributed by atoms with E-state index >= 15 is 0 Å². The summed E-state index contributed by atoms with van der Waals surface area (Å²) in [5, 5.41) is 3.59. The Kier molecular flexibility index (Phi) is 11.4. The summed E-state index contributed by atoms with van der Waals surface area (Å²) in [4.78, 5) is 28.2. The Hall–Kier alpha value is -2.58. The molecule has 2 aromatic rings. The lowest BCUT2D eigenvalue weighted by Crippen LogP contribution is -2.50. The van der Waals surface area contributed by atoms with Crippen LogP contribution in [0.25, 0.3) is 0 Å². The number of carbonyl (C=O) groups excluding carboxylic acids is 2. The van der Waals surface area contributed by atoms with Crippen LogP contribution >= 0.6 is 11.6 Å². The Balaban J connectivity index is 2.24. The molecule has 37 heavy (non-hydrogen) atoms. The Bertz CT molecular complexity index is 1150. The molecule has 2 rings (SSSR count). The van der Waals surface area contributed by atoms with Gasteiger partial charge in [-0.2, -0.15) is 0 Å². The van der Waals surface area contributed by atoms with E-state index in [1.54, 1.807) is 17.0 Å². The Morgan fingerprint density at radius 3 is 2.11 bits per heavy atom. The smallest absolute Gasteiger partial charge is 0.243 e. The second-order valence-corrected chi connectivity index (χ2v) is 12.0. The van der Waals surface area contributed by atoms with Gasteiger partial charge in [0.15, 0.2) is 0 Å². The average Bonchev–Trinajstić information content (AvgIpc) is 2.81. The van der Waals surface area contributed by atoms with Crippen molar-refractivity contribution in [1.29, 1.82) is 0 Å². The first-order chi connectivity index (χ1) is 17.3. The van der Waals surface area contributed by atoms with E-state index < -0.39 is 16.1 Å². The maximum absolute atomic E-state index is 13.5. The van der Waals surface area contributed by atoms with Gasteiger partial charge in [-0.15, -0.1) is 0 Å². The molecule has 0 aliphatic heterocycles. The fraction of sp³-hybridized carbons (Fsp3) is 0.500. The first-order valence-electron chi connectivity index (χ1n) is 12.8. The maximum Gasteiger partial charge on any atom is 0.243 e. The van der Waals surface area contributed by atoms with Gasteiger partial charge in [0.25, 0.3) is 0 Å². The van der Waals surface area contributed by atoms with Crippen molar-refractivity contribution in [3.63, 3.8) is 0 Å². The van der Waals surface area contributed by atoms with Crippen molar-refractivity contribution in [3.8, 4) is 0 Å². The van der Waals surface area contributed by atoms with E-state index in [9.17, 15) is 18.0 Å². The van der Waals surface area contributed by atoms with Crippen LogP contribution in [-0.4, -0.2) is 50.0 Å². The van der Waals surface area contributed by atoms with Crippen LogP contribution in [0.4, 0.5) is 5.69 Å². The van der Waals surface area contributed by atoms with Crippen LogP contribution in [-0.2, 0) is 26.2 Å². The number of carbonyl (C=O) groups is 2. The topological polar surface area (TPSA) is 86.8 Å². The van der Waals surface area contributed by atoms with E-state index in [2.05, 4.69) is 5.32 Å². The van der Waals surface area contributed by atoms with Crippen molar-refractivity contribution >= 4 is 39.1 Å². The minimum Gasteiger partial charge on any atom is -0.352 e. The molecule has 0 saturated carbocycles. The summed E-state index contributed by atoms with van der Waals surface area (Å²) in [5.74, 6) is -0.387. The van der Waals surface area contributed by atoms with E-state index in [0.717, 1.165) is 23.1 Å². The lowest BCUT2D eigenvalue weighted by Gasteiger charge is -2.32. The van der Waals surface area contributed by atoms with Crippen molar-refractivity contribution in [2.24, 2.45) is 0 Å². The van der Waals surface area contributed by atoms with Gasteiger partial charge in [0.05, 0.1) is 11.9 Å². The van der Waals surface area contributed by atoms with Gasteiger partial charge in [0.2, 0.25) is 21.8 Å². The molecular formula is C28H40ClN3O4S. The molecular weight excluding hydrogens is 510 g/mol. The summed E-state index contributed by atoms with van der Waals surface area (Å²) in [5.41, 5.74) is 3.38. The van der Waals surface area contributed by atoms with E-state index in [1.807, 2.05) is 65.0 Å². The molecule has 2 unspecified atom stereocenters. The standard InChI is InChI=1S/C28H40ClN3O4S/c1-7-22(5)30-28(34)26(8-2)31(19-23-11-13-24(29)14-12-23)27(33)10-9-15-32(37(6,35)36)25-17-20(3)16-21(4)18-25/h11-14,16-18,22,26H,7-10,15,19H2,1-6H3,(H,30,34). The quantitative estimate of drug-likeness (QED) is 0.371. The van der Waals surface area contributed by atoms with E-state index in [0.29, 0.717) is 23.6 Å². The number of amides is 2. The normalized spacial score (nSPS) is 13.1. The highest BCUT2D eigenvalue weighted by atomic mass is 35.5. The molecule has 0 aliphatic carbocycles. The number of aryl methyl sites for hydroxylation is 2. The zero-order valence-electron chi connectivity index (χ0n) is 22.8. The second kappa shape index (κ2) is 13.8. The summed E-state index contributed by atoms with van der Waals surface area (Å²) in [6.45, 7) is 10.1. The van der Waals surface area contributed by atoms with Gasteiger partial charge in [0, 0.05) is 30.6 Å². The lowest BCUT2D eigenvalue weighted by molar-refractivity contribution is -0.141. The highest BCUT2D eigenvalue weighted by Crippen LogP contribution is 2.23. The predicted octanol–water partition coefficient (Wildman–Crippen LogP) is 5.23. The van der Waals surface area contributed by atoms with Crippen LogP contribution in [0.5, 0.6) is 0 Å². The molecule has 0 bridgehead atoms. The molecule has 0 saturated heterocycles. The molecule has 204 valence electrons. The van der Waals surface area contributed by atoms with Crippen molar-refractivity contribution in [1.82, 2.24) is 10.2 Å². The van der Waals surface area contributed by atoms with Crippen LogP contribution < -0.4 is 9.62 Å². The summed E-state index contributed by atoms with van der Waals surface area (Å²) in [6.07, 6.45) is 2.84. The van der Waals surface area contributed by atoms with Crippen LogP contribution in [0.15, 0.2) is 42.5 Å². The fourth-order valence-corrected chi connectivity index (χ4v) is 5.32. The number of rotatable bonds is 13. The summed E-state index contributed by atoms with van der Waals surface area (Å²) in [7, 11) is -3.54. The third-order valence-electron chi connectivity index (χ3n) is 6.30. The van der Waals surface area contributed by atoms with E-state index in [4.69, 9.17) is 11.6 Å². The third kappa shape index (κ3) is 9.34. The number of nitrogens with one attached hydrogen (secondary N) is 1. The number of sulfonamides is 1. The number of nitrogens with zero attached hydrogens (tertiary/aromatic N) is 2. The molecule has 7 nitrogen and oxygen atoms in total. The zero-order valence-corrected chi connectivity index (χ0v) is 24.3. The summed E-state index contributed by atoms with van der Waals surface area (Å²) < 4.78 is 26.5. The van der Waals surface area contributed by atoms with Crippen molar-refractivity contribution < 1.29 is 18.0 Å². The minimum atomic E-state index is -3.54. The van der Waals surface area contributed by atoms with Crippen molar-refractivity contribution in [2.75, 3.05) is 17.1 Å². The second-order valence-electron chi connectivity index (χ2n) is 9.67. The largest absolute Gasteiger partial charge is 0.352 e. The number of hydrogen-bond donors (Lipinski definition) is 1. The molecule has 2 aromatic carbocycles. The summed E-state index contributed by atoms with van der Waals surface area (Å²) >= 11 is 6.03. The molecule has 0 aromatic heterocycles. The Morgan fingerprint density at radius 2 is 1.59 bits per heavy atom. The van der Waals surface area contributed by atoms with Gasteiger partial charge in [-0.1, -0.05) is 43.6 Å². The van der Waals surface area contributed by atoms with E-state index in [-0.39, 0.29) is 37.4 Å². The molecule has 1 N–H and O–H groups in total.